The minimum absolute atomic E-state index is 0.126. The Balaban J connectivity index is 1.62. The second-order valence-electron chi connectivity index (χ2n) is 11.7. The summed E-state index contributed by atoms with van der Waals surface area (Å²) in [7, 11) is 1.57. The van der Waals surface area contributed by atoms with E-state index in [1.54, 1.807) is 30.5 Å². The SMILES string of the molecule is COc1ccc(C2C(C(=O)C(C)(C)C)N3N=Cc4ccccc4C3C23C(=O)OC2(CCCC2)OC3=O)cc1. The number of rotatable bonds is 3. The number of methoxy groups -OCH3 is 1. The lowest BCUT2D eigenvalue weighted by atomic mass is 9.64. The smallest absolute Gasteiger partial charge is 0.330 e. The fourth-order valence-electron chi connectivity index (χ4n) is 6.65. The molecule has 4 aliphatic rings. The Bertz CT molecular complexity index is 1320. The number of ketones is 1. The molecule has 38 heavy (non-hydrogen) atoms. The van der Waals surface area contributed by atoms with E-state index in [0.29, 0.717) is 24.2 Å². The molecule has 3 atom stereocenters. The van der Waals surface area contributed by atoms with Gasteiger partial charge in [-0.15, -0.1) is 0 Å². The number of carbonyl (C=O) groups excluding carboxylic acids is 3. The third kappa shape index (κ3) is 3.35. The molecule has 2 aromatic rings. The Hall–Kier alpha value is -3.68. The molecule has 3 unspecified atom stereocenters. The van der Waals surface area contributed by atoms with Crippen LogP contribution in [0.25, 0.3) is 0 Å². The van der Waals surface area contributed by atoms with Gasteiger partial charge in [-0.05, 0) is 41.7 Å². The molecule has 3 fully saturated rings. The van der Waals surface area contributed by atoms with E-state index in [2.05, 4.69) is 0 Å². The minimum atomic E-state index is -1.83. The lowest BCUT2D eigenvalue weighted by Crippen LogP contribution is -2.59. The minimum Gasteiger partial charge on any atom is -0.497 e. The molecule has 0 radical (unpaired) electrons. The Morgan fingerprint density at radius 2 is 1.63 bits per heavy atom. The van der Waals surface area contributed by atoms with Crippen LogP contribution in [0, 0.1) is 10.8 Å². The normalized spacial score (nSPS) is 26.6. The van der Waals surface area contributed by atoms with Crippen LogP contribution in [0.15, 0.2) is 53.6 Å². The summed E-state index contributed by atoms with van der Waals surface area (Å²) in [5, 5.41) is 6.37. The molecule has 8 heteroatoms. The Kier molecular flexibility index (Phi) is 5.46. The van der Waals surface area contributed by atoms with Crippen LogP contribution in [0.5, 0.6) is 5.75 Å². The van der Waals surface area contributed by atoms with Gasteiger partial charge in [0.1, 0.15) is 17.8 Å². The van der Waals surface area contributed by atoms with Gasteiger partial charge in [-0.2, -0.15) is 5.10 Å². The number of hydrogen-bond acceptors (Lipinski definition) is 8. The first-order valence-corrected chi connectivity index (χ1v) is 13.2. The first-order valence-electron chi connectivity index (χ1n) is 13.2. The molecule has 1 saturated carbocycles. The standard InChI is InChI=1S/C30H32N2O6/c1-28(2,3)25(33)23-22(18-11-13-20(36-4)14-12-18)30(24-21-10-6-5-9-19(21)17-31-32(23)24)26(34)37-29(38-27(30)35)15-7-8-16-29/h5-6,9-14,17,22-24H,7-8,15-16H2,1-4H3. The number of Topliss-reactive ketones (excluding diaryl/α,β-unsaturated/α-hetero) is 1. The Morgan fingerprint density at radius 1 is 1.00 bits per heavy atom. The molecule has 6 rings (SSSR count). The van der Waals surface area contributed by atoms with Crippen molar-refractivity contribution < 1.29 is 28.6 Å². The highest BCUT2D eigenvalue weighted by Gasteiger charge is 2.76. The van der Waals surface area contributed by atoms with Crippen molar-refractivity contribution in [3.8, 4) is 5.75 Å². The molecule has 1 aliphatic carbocycles. The van der Waals surface area contributed by atoms with E-state index in [4.69, 9.17) is 19.3 Å². The topological polar surface area (TPSA) is 94.5 Å². The maximum atomic E-state index is 14.4. The van der Waals surface area contributed by atoms with Crippen LogP contribution in [0.2, 0.25) is 0 Å². The first-order chi connectivity index (χ1) is 18.1. The number of hydrogen-bond donors (Lipinski definition) is 0. The van der Waals surface area contributed by atoms with Gasteiger partial charge in [-0.1, -0.05) is 57.2 Å². The van der Waals surface area contributed by atoms with E-state index >= 15 is 0 Å². The van der Waals surface area contributed by atoms with E-state index in [-0.39, 0.29) is 5.78 Å². The van der Waals surface area contributed by atoms with Crippen molar-refractivity contribution in [1.29, 1.82) is 0 Å². The van der Waals surface area contributed by atoms with Crippen molar-refractivity contribution in [3.63, 3.8) is 0 Å². The van der Waals surface area contributed by atoms with E-state index in [1.165, 1.54) is 0 Å². The lowest BCUT2D eigenvalue weighted by molar-refractivity contribution is -0.263. The van der Waals surface area contributed by atoms with Crippen molar-refractivity contribution in [2.24, 2.45) is 15.9 Å². The number of fused-ring (bicyclic) bond motifs is 4. The van der Waals surface area contributed by atoms with Gasteiger partial charge in [0, 0.05) is 24.2 Å². The molecule has 2 saturated heterocycles. The van der Waals surface area contributed by atoms with E-state index < -0.39 is 46.6 Å². The van der Waals surface area contributed by atoms with Crippen LogP contribution in [0.1, 0.15) is 75.1 Å². The van der Waals surface area contributed by atoms with Gasteiger partial charge in [0.05, 0.1) is 13.3 Å². The number of esters is 2. The Labute approximate surface area is 221 Å². The molecule has 0 N–H and O–H groups in total. The molecule has 2 aromatic carbocycles. The number of nitrogens with zero attached hydrogens (tertiary/aromatic N) is 2. The van der Waals surface area contributed by atoms with Gasteiger partial charge in [-0.3, -0.25) is 19.4 Å². The van der Waals surface area contributed by atoms with E-state index in [1.807, 2.05) is 57.2 Å². The van der Waals surface area contributed by atoms with Gasteiger partial charge in [0.2, 0.25) is 5.41 Å². The summed E-state index contributed by atoms with van der Waals surface area (Å²) in [6.07, 6.45) is 4.26. The first kappa shape index (κ1) is 24.6. The number of ether oxygens (including phenoxy) is 3. The van der Waals surface area contributed by atoms with Crippen molar-refractivity contribution >= 4 is 23.9 Å². The zero-order valence-electron chi connectivity index (χ0n) is 22.1. The van der Waals surface area contributed by atoms with Crippen LogP contribution in [-0.2, 0) is 23.9 Å². The van der Waals surface area contributed by atoms with Crippen LogP contribution in [0.4, 0.5) is 0 Å². The molecule has 2 spiro atoms. The van der Waals surface area contributed by atoms with Gasteiger partial charge in [0.25, 0.3) is 5.79 Å². The Morgan fingerprint density at radius 3 is 2.24 bits per heavy atom. The van der Waals surface area contributed by atoms with Crippen molar-refractivity contribution in [3.05, 3.63) is 65.2 Å². The van der Waals surface area contributed by atoms with Gasteiger partial charge >= 0.3 is 11.9 Å². The van der Waals surface area contributed by atoms with Gasteiger partial charge in [-0.25, -0.2) is 0 Å². The fourth-order valence-corrected chi connectivity index (χ4v) is 6.65. The van der Waals surface area contributed by atoms with E-state index in [9.17, 15) is 14.4 Å². The molecule has 198 valence electrons. The fraction of sp³-hybridized carbons (Fsp3) is 0.467. The zero-order valence-corrected chi connectivity index (χ0v) is 22.1. The molecule has 0 bridgehead atoms. The number of benzene rings is 2. The summed E-state index contributed by atoms with van der Waals surface area (Å²) in [6.45, 7) is 5.52. The molecule has 8 nitrogen and oxygen atoms in total. The predicted octanol–water partition coefficient (Wildman–Crippen LogP) is 4.52. The number of hydrazone groups is 1. The maximum absolute atomic E-state index is 14.4. The van der Waals surface area contributed by atoms with Crippen LogP contribution in [0.3, 0.4) is 0 Å². The van der Waals surface area contributed by atoms with Crippen LogP contribution < -0.4 is 4.74 Å². The quantitative estimate of drug-likeness (QED) is 0.437. The number of carbonyl (C=O) groups is 3. The summed E-state index contributed by atoms with van der Waals surface area (Å²) < 4.78 is 17.6. The highest BCUT2D eigenvalue weighted by atomic mass is 16.7. The van der Waals surface area contributed by atoms with Crippen molar-refractivity contribution in [2.45, 2.75) is 70.2 Å². The third-order valence-corrected chi connectivity index (χ3v) is 8.49. The van der Waals surface area contributed by atoms with Gasteiger partial charge < -0.3 is 14.2 Å². The molecular formula is C30H32N2O6. The highest BCUT2D eigenvalue weighted by Crippen LogP contribution is 2.64. The highest BCUT2D eigenvalue weighted by molar-refractivity contribution is 6.07. The molecule has 0 aromatic heterocycles. The average Bonchev–Trinajstić information content (AvgIpc) is 3.47. The zero-order chi connectivity index (χ0) is 26.9. The lowest BCUT2D eigenvalue weighted by Gasteiger charge is -2.45. The maximum Gasteiger partial charge on any atom is 0.330 e. The van der Waals surface area contributed by atoms with Crippen LogP contribution >= 0.6 is 0 Å². The summed E-state index contributed by atoms with van der Waals surface area (Å²) in [5.41, 5.74) is -0.435. The largest absolute Gasteiger partial charge is 0.497 e. The molecular weight excluding hydrogens is 484 g/mol. The molecule has 3 heterocycles. The third-order valence-electron chi connectivity index (χ3n) is 8.49. The monoisotopic (exact) mass is 516 g/mol. The second kappa shape index (κ2) is 8.41. The summed E-state index contributed by atoms with van der Waals surface area (Å²) in [6, 6.07) is 12.9. The second-order valence-corrected chi connectivity index (χ2v) is 11.7. The average molecular weight is 517 g/mol. The summed E-state index contributed by atoms with van der Waals surface area (Å²) >= 11 is 0. The van der Waals surface area contributed by atoms with Gasteiger partial charge in [0.15, 0.2) is 5.78 Å². The van der Waals surface area contributed by atoms with Crippen molar-refractivity contribution in [1.82, 2.24) is 5.01 Å². The summed E-state index contributed by atoms with van der Waals surface area (Å²) in [5.74, 6) is -2.94. The predicted molar refractivity (Wildman–Crippen MR) is 138 cm³/mol. The van der Waals surface area contributed by atoms with E-state index in [0.717, 1.165) is 24.0 Å². The molecule has 0 amide bonds. The van der Waals surface area contributed by atoms with Crippen molar-refractivity contribution in [2.75, 3.05) is 7.11 Å². The van der Waals surface area contributed by atoms with Crippen LogP contribution in [-0.4, -0.2) is 47.9 Å². The molecule has 3 aliphatic heterocycles. The summed E-state index contributed by atoms with van der Waals surface area (Å²) in [4.78, 5) is 43.1.